The Hall–Kier alpha value is -2.32. The molecule has 0 saturated carbocycles. The average molecular weight is 343 g/mol. The second kappa shape index (κ2) is 7.71. The first-order chi connectivity index (χ1) is 12.0. The van der Waals surface area contributed by atoms with E-state index in [4.69, 9.17) is 0 Å². The Morgan fingerprint density at radius 3 is 2.96 bits per heavy atom. The number of amides is 1. The van der Waals surface area contributed by atoms with Crippen molar-refractivity contribution in [3.05, 3.63) is 36.2 Å². The molecule has 8 nitrogen and oxygen atoms in total. The average Bonchev–Trinajstić information content (AvgIpc) is 3.18. The topological polar surface area (TPSA) is 79.2 Å². The summed E-state index contributed by atoms with van der Waals surface area (Å²) in [7, 11) is 4.09. The molecule has 134 valence electrons. The largest absolute Gasteiger partial charge is 0.324 e. The zero-order valence-electron chi connectivity index (χ0n) is 15.0. The highest BCUT2D eigenvalue weighted by Crippen LogP contribution is 2.16. The van der Waals surface area contributed by atoms with E-state index in [1.54, 1.807) is 12.4 Å². The Kier molecular flexibility index (Phi) is 5.40. The zero-order chi connectivity index (χ0) is 17.8. The third-order valence-electron chi connectivity index (χ3n) is 4.76. The lowest BCUT2D eigenvalue weighted by molar-refractivity contribution is -0.117. The minimum atomic E-state index is 0.000212. The van der Waals surface area contributed by atoms with E-state index in [0.717, 1.165) is 43.4 Å². The van der Waals surface area contributed by atoms with Crippen LogP contribution >= 0.6 is 0 Å². The van der Waals surface area contributed by atoms with Crippen LogP contribution in [0.5, 0.6) is 0 Å². The van der Waals surface area contributed by atoms with E-state index in [1.807, 2.05) is 30.7 Å². The summed E-state index contributed by atoms with van der Waals surface area (Å²) < 4.78 is 2.02. The van der Waals surface area contributed by atoms with Crippen molar-refractivity contribution in [2.75, 3.05) is 32.0 Å². The summed E-state index contributed by atoms with van der Waals surface area (Å²) >= 11 is 0. The van der Waals surface area contributed by atoms with Gasteiger partial charge in [0, 0.05) is 32.4 Å². The van der Waals surface area contributed by atoms with Crippen molar-refractivity contribution in [1.29, 1.82) is 0 Å². The third kappa shape index (κ3) is 4.40. The highest BCUT2D eigenvalue weighted by molar-refractivity contribution is 5.92. The van der Waals surface area contributed by atoms with E-state index in [9.17, 15) is 4.79 Å². The number of carbonyl (C=O) groups excluding carboxylic acids is 1. The maximum atomic E-state index is 12.2. The molecule has 3 rings (SSSR count). The molecule has 1 saturated heterocycles. The van der Waals surface area contributed by atoms with Crippen LogP contribution in [0.15, 0.2) is 24.5 Å². The van der Waals surface area contributed by atoms with Crippen LogP contribution in [0.3, 0.4) is 0 Å². The number of aryl methyl sites for hydroxylation is 1. The van der Waals surface area contributed by atoms with Crippen molar-refractivity contribution >= 4 is 11.6 Å². The molecule has 2 aromatic heterocycles. The molecule has 1 N–H and O–H groups in total. The van der Waals surface area contributed by atoms with Crippen LogP contribution in [0.2, 0.25) is 0 Å². The van der Waals surface area contributed by atoms with E-state index in [-0.39, 0.29) is 5.91 Å². The van der Waals surface area contributed by atoms with Gasteiger partial charge >= 0.3 is 0 Å². The lowest BCUT2D eigenvalue weighted by atomic mass is 10.2. The first-order valence-corrected chi connectivity index (χ1v) is 8.50. The summed E-state index contributed by atoms with van der Waals surface area (Å²) in [6, 6.07) is 4.07. The van der Waals surface area contributed by atoms with Crippen LogP contribution in [0.25, 0.3) is 0 Å². The fraction of sp³-hybridized carbons (Fsp3) is 0.529. The first kappa shape index (κ1) is 17.5. The molecule has 2 aromatic rings. The SMILES string of the molecule is Cc1nnc(CN(C)C2CCN(CC(=O)Nc3cccnc3)C2)n1C. The molecule has 8 heteroatoms. The summed E-state index contributed by atoms with van der Waals surface area (Å²) in [4.78, 5) is 20.7. The van der Waals surface area contributed by atoms with Gasteiger partial charge in [0.1, 0.15) is 11.6 Å². The van der Waals surface area contributed by atoms with E-state index in [0.29, 0.717) is 12.6 Å². The summed E-state index contributed by atoms with van der Waals surface area (Å²) in [5.41, 5.74) is 0.734. The van der Waals surface area contributed by atoms with Gasteiger partial charge in [0.2, 0.25) is 5.91 Å². The zero-order valence-corrected chi connectivity index (χ0v) is 15.0. The summed E-state index contributed by atoms with van der Waals surface area (Å²) in [5.74, 6) is 1.89. The smallest absolute Gasteiger partial charge is 0.238 e. The predicted octanol–water partition coefficient (Wildman–Crippen LogP) is 0.663. The molecular weight excluding hydrogens is 318 g/mol. The van der Waals surface area contributed by atoms with Crippen LogP contribution in [-0.4, -0.2) is 68.2 Å². The lowest BCUT2D eigenvalue weighted by Gasteiger charge is -2.24. The third-order valence-corrected chi connectivity index (χ3v) is 4.76. The van der Waals surface area contributed by atoms with Crippen LogP contribution in [-0.2, 0) is 18.4 Å². The molecule has 1 aliphatic rings. The number of nitrogens with zero attached hydrogens (tertiary/aromatic N) is 6. The van der Waals surface area contributed by atoms with E-state index in [1.165, 1.54) is 0 Å². The van der Waals surface area contributed by atoms with Crippen molar-refractivity contribution in [3.8, 4) is 0 Å². The van der Waals surface area contributed by atoms with E-state index < -0.39 is 0 Å². The van der Waals surface area contributed by atoms with Gasteiger partial charge in [0.15, 0.2) is 0 Å². The van der Waals surface area contributed by atoms with Gasteiger partial charge in [-0.1, -0.05) is 0 Å². The van der Waals surface area contributed by atoms with E-state index >= 15 is 0 Å². The van der Waals surface area contributed by atoms with Gasteiger partial charge in [0.25, 0.3) is 0 Å². The molecule has 1 unspecified atom stereocenters. The Morgan fingerprint density at radius 1 is 1.44 bits per heavy atom. The number of rotatable bonds is 6. The number of likely N-dealkylation sites (tertiary alicyclic amines) is 1. The fourth-order valence-electron chi connectivity index (χ4n) is 3.10. The van der Waals surface area contributed by atoms with Crippen molar-refractivity contribution in [1.82, 2.24) is 29.5 Å². The maximum Gasteiger partial charge on any atom is 0.238 e. The van der Waals surface area contributed by atoms with Crippen LogP contribution < -0.4 is 5.32 Å². The van der Waals surface area contributed by atoms with Crippen LogP contribution in [0, 0.1) is 6.92 Å². The molecule has 25 heavy (non-hydrogen) atoms. The number of pyridine rings is 1. The molecule has 0 bridgehead atoms. The van der Waals surface area contributed by atoms with Gasteiger partial charge in [0.05, 0.1) is 25.0 Å². The predicted molar refractivity (Wildman–Crippen MR) is 94.9 cm³/mol. The lowest BCUT2D eigenvalue weighted by Crippen LogP contribution is -2.37. The van der Waals surface area contributed by atoms with Crippen LogP contribution in [0.4, 0.5) is 5.69 Å². The standard InChI is InChI=1S/C17H25N7O/c1-13-20-21-16(23(13)3)11-22(2)15-6-8-24(10-15)12-17(25)19-14-5-4-7-18-9-14/h4-5,7,9,15H,6,8,10-12H2,1-3H3,(H,19,25). The minimum Gasteiger partial charge on any atom is -0.324 e. The quantitative estimate of drug-likeness (QED) is 0.830. The van der Waals surface area contributed by atoms with Crippen molar-refractivity contribution < 1.29 is 4.79 Å². The number of likely N-dealkylation sites (N-methyl/N-ethyl adjacent to an activating group) is 1. The molecule has 1 fully saturated rings. The number of hydrogen-bond donors (Lipinski definition) is 1. The Labute approximate surface area is 147 Å². The van der Waals surface area contributed by atoms with Crippen molar-refractivity contribution in [2.45, 2.75) is 25.9 Å². The number of hydrogen-bond acceptors (Lipinski definition) is 6. The highest BCUT2D eigenvalue weighted by Gasteiger charge is 2.27. The first-order valence-electron chi connectivity index (χ1n) is 8.50. The van der Waals surface area contributed by atoms with Gasteiger partial charge in [-0.2, -0.15) is 0 Å². The molecule has 0 radical (unpaired) electrons. The molecule has 0 aliphatic carbocycles. The van der Waals surface area contributed by atoms with Gasteiger partial charge < -0.3 is 9.88 Å². The highest BCUT2D eigenvalue weighted by atomic mass is 16.2. The Morgan fingerprint density at radius 2 is 2.28 bits per heavy atom. The molecule has 3 heterocycles. The molecule has 0 spiro atoms. The van der Waals surface area contributed by atoms with Gasteiger partial charge in [-0.05, 0) is 32.5 Å². The summed E-state index contributed by atoms with van der Waals surface area (Å²) in [5, 5.41) is 11.2. The van der Waals surface area contributed by atoms with Crippen molar-refractivity contribution in [2.24, 2.45) is 7.05 Å². The Bertz CT molecular complexity index is 715. The van der Waals surface area contributed by atoms with Gasteiger partial charge in [-0.25, -0.2) is 0 Å². The van der Waals surface area contributed by atoms with E-state index in [2.05, 4.69) is 37.3 Å². The number of nitrogens with one attached hydrogen (secondary N) is 1. The fourth-order valence-corrected chi connectivity index (χ4v) is 3.10. The molecule has 0 aromatic carbocycles. The number of carbonyl (C=O) groups is 1. The molecular formula is C17H25N7O. The number of aromatic nitrogens is 4. The molecule has 1 amide bonds. The number of anilines is 1. The molecule has 1 aliphatic heterocycles. The minimum absolute atomic E-state index is 0.000212. The van der Waals surface area contributed by atoms with Gasteiger partial charge in [-0.3, -0.25) is 19.6 Å². The second-order valence-corrected chi connectivity index (χ2v) is 6.61. The van der Waals surface area contributed by atoms with Gasteiger partial charge in [-0.15, -0.1) is 10.2 Å². The van der Waals surface area contributed by atoms with Crippen molar-refractivity contribution in [3.63, 3.8) is 0 Å². The van der Waals surface area contributed by atoms with Crippen LogP contribution in [0.1, 0.15) is 18.1 Å². The normalized spacial score (nSPS) is 18.0. The maximum absolute atomic E-state index is 12.2. The summed E-state index contributed by atoms with van der Waals surface area (Å²) in [6.07, 6.45) is 4.39. The monoisotopic (exact) mass is 343 g/mol. The molecule has 1 atom stereocenters. The summed E-state index contributed by atoms with van der Waals surface area (Å²) in [6.45, 7) is 4.93. The Balaban J connectivity index is 1.48. The second-order valence-electron chi connectivity index (χ2n) is 6.61.